The first-order chi connectivity index (χ1) is 10.5. The van der Waals surface area contributed by atoms with Gasteiger partial charge in [0.1, 0.15) is 0 Å². The highest BCUT2D eigenvalue weighted by atomic mass is 35.5. The molecule has 0 bridgehead atoms. The smallest absolute Gasteiger partial charge is 0.230 e. The van der Waals surface area contributed by atoms with Crippen LogP contribution in [-0.4, -0.2) is 11.0 Å². The summed E-state index contributed by atoms with van der Waals surface area (Å²) in [5.74, 6) is -0.195. The number of hydrogen-bond acceptors (Lipinski definition) is 2. The first-order valence-electron chi connectivity index (χ1n) is 6.56. The second-order valence-corrected chi connectivity index (χ2v) is 5.97. The molecule has 2 aromatic carbocycles. The maximum atomic E-state index is 12.0. The number of carbonyl (C=O) groups excluding carboxylic acids is 1. The second kappa shape index (κ2) is 7.58. The van der Waals surface area contributed by atoms with Crippen molar-refractivity contribution in [1.29, 1.82) is 0 Å². The molecule has 0 fully saturated rings. The molecule has 0 aliphatic carbocycles. The summed E-state index contributed by atoms with van der Waals surface area (Å²) in [6.07, 6.45) is 0.230. The summed E-state index contributed by atoms with van der Waals surface area (Å²) < 4.78 is 0. The average Bonchev–Trinajstić information content (AvgIpc) is 2.46. The van der Waals surface area contributed by atoms with Gasteiger partial charge in [-0.2, -0.15) is 0 Å². The standard InChI is InChI=1S/C16H14Cl2N2OS/c1-10-13(18)3-2-4-14(10)19-16(22)20-15(21)9-11-5-7-12(17)8-6-11/h2-8H,9H2,1H3,(H2,19,20,21,22). The van der Waals surface area contributed by atoms with Crippen LogP contribution in [0, 0.1) is 6.92 Å². The van der Waals surface area contributed by atoms with E-state index in [0.29, 0.717) is 10.0 Å². The minimum Gasteiger partial charge on any atom is -0.332 e. The van der Waals surface area contributed by atoms with Crippen molar-refractivity contribution in [3.8, 4) is 0 Å². The van der Waals surface area contributed by atoms with Gasteiger partial charge in [-0.3, -0.25) is 4.79 Å². The van der Waals surface area contributed by atoms with E-state index in [2.05, 4.69) is 10.6 Å². The van der Waals surface area contributed by atoms with E-state index >= 15 is 0 Å². The largest absolute Gasteiger partial charge is 0.332 e. The van der Waals surface area contributed by atoms with E-state index < -0.39 is 0 Å². The maximum absolute atomic E-state index is 12.0. The van der Waals surface area contributed by atoms with Crippen LogP contribution in [0.5, 0.6) is 0 Å². The highest BCUT2D eigenvalue weighted by Gasteiger charge is 2.08. The van der Waals surface area contributed by atoms with Gasteiger partial charge in [0.25, 0.3) is 0 Å². The molecule has 0 aliphatic rings. The fourth-order valence-corrected chi connectivity index (χ4v) is 2.38. The molecule has 0 saturated heterocycles. The van der Waals surface area contributed by atoms with Gasteiger partial charge in [0.2, 0.25) is 5.91 Å². The predicted molar refractivity (Wildman–Crippen MR) is 95.7 cm³/mol. The van der Waals surface area contributed by atoms with E-state index in [9.17, 15) is 4.79 Å². The van der Waals surface area contributed by atoms with E-state index in [-0.39, 0.29) is 17.4 Å². The van der Waals surface area contributed by atoms with Crippen LogP contribution in [-0.2, 0) is 11.2 Å². The lowest BCUT2D eigenvalue weighted by Crippen LogP contribution is -2.35. The molecule has 2 aromatic rings. The Hall–Kier alpha value is -1.62. The van der Waals surface area contributed by atoms with Gasteiger partial charge in [-0.05, 0) is 54.5 Å². The molecule has 114 valence electrons. The predicted octanol–water partition coefficient (Wildman–Crippen LogP) is 4.36. The number of anilines is 1. The summed E-state index contributed by atoms with van der Waals surface area (Å²) in [6.45, 7) is 1.88. The van der Waals surface area contributed by atoms with E-state index in [1.807, 2.05) is 19.1 Å². The number of carbonyl (C=O) groups is 1. The van der Waals surface area contributed by atoms with Crippen molar-refractivity contribution in [1.82, 2.24) is 5.32 Å². The van der Waals surface area contributed by atoms with Crippen molar-refractivity contribution in [2.75, 3.05) is 5.32 Å². The monoisotopic (exact) mass is 352 g/mol. The highest BCUT2D eigenvalue weighted by Crippen LogP contribution is 2.22. The Morgan fingerprint density at radius 3 is 2.50 bits per heavy atom. The fourth-order valence-electron chi connectivity index (χ4n) is 1.85. The lowest BCUT2D eigenvalue weighted by Gasteiger charge is -2.12. The molecule has 2 N–H and O–H groups in total. The van der Waals surface area contributed by atoms with Crippen LogP contribution in [0.3, 0.4) is 0 Å². The third kappa shape index (κ3) is 4.70. The van der Waals surface area contributed by atoms with Crippen LogP contribution in [0.1, 0.15) is 11.1 Å². The molecule has 22 heavy (non-hydrogen) atoms. The van der Waals surface area contributed by atoms with E-state index in [4.69, 9.17) is 35.4 Å². The van der Waals surface area contributed by atoms with Gasteiger partial charge >= 0.3 is 0 Å². The number of benzene rings is 2. The minimum atomic E-state index is -0.195. The van der Waals surface area contributed by atoms with Crippen molar-refractivity contribution in [3.63, 3.8) is 0 Å². The summed E-state index contributed by atoms with van der Waals surface area (Å²) in [5.41, 5.74) is 2.51. The van der Waals surface area contributed by atoms with Gasteiger partial charge in [0.05, 0.1) is 6.42 Å². The summed E-state index contributed by atoms with van der Waals surface area (Å²) >= 11 is 17.0. The normalized spacial score (nSPS) is 10.1. The van der Waals surface area contributed by atoms with Crippen molar-refractivity contribution in [3.05, 3.63) is 63.6 Å². The van der Waals surface area contributed by atoms with Crippen LogP contribution in [0.15, 0.2) is 42.5 Å². The molecule has 0 heterocycles. The van der Waals surface area contributed by atoms with Crippen LogP contribution in [0.25, 0.3) is 0 Å². The second-order valence-electron chi connectivity index (χ2n) is 4.72. The summed E-state index contributed by atoms with van der Waals surface area (Å²) in [4.78, 5) is 12.0. The molecular weight excluding hydrogens is 339 g/mol. The Morgan fingerprint density at radius 2 is 1.82 bits per heavy atom. The van der Waals surface area contributed by atoms with E-state index in [1.54, 1.807) is 30.3 Å². The van der Waals surface area contributed by atoms with Gasteiger partial charge < -0.3 is 10.6 Å². The topological polar surface area (TPSA) is 41.1 Å². The van der Waals surface area contributed by atoms with Gasteiger partial charge in [-0.25, -0.2) is 0 Å². The molecule has 2 rings (SSSR count). The molecular formula is C16H14Cl2N2OS. The van der Waals surface area contributed by atoms with Crippen molar-refractivity contribution in [2.24, 2.45) is 0 Å². The summed E-state index contributed by atoms with van der Waals surface area (Å²) in [6, 6.07) is 12.6. The Kier molecular flexibility index (Phi) is 5.77. The molecule has 6 heteroatoms. The highest BCUT2D eigenvalue weighted by molar-refractivity contribution is 7.80. The number of hydrogen-bond donors (Lipinski definition) is 2. The SMILES string of the molecule is Cc1c(Cl)cccc1NC(=S)NC(=O)Cc1ccc(Cl)cc1. The van der Waals surface area contributed by atoms with Gasteiger partial charge in [-0.15, -0.1) is 0 Å². The maximum Gasteiger partial charge on any atom is 0.230 e. The van der Waals surface area contributed by atoms with Crippen molar-refractivity contribution >= 4 is 52.1 Å². The number of thiocarbonyl (C=S) groups is 1. The Morgan fingerprint density at radius 1 is 1.14 bits per heavy atom. The molecule has 0 saturated carbocycles. The van der Waals surface area contributed by atoms with Gasteiger partial charge in [0.15, 0.2) is 5.11 Å². The molecule has 3 nitrogen and oxygen atoms in total. The number of amides is 1. The van der Waals surface area contributed by atoms with Crippen LogP contribution in [0.2, 0.25) is 10.0 Å². The van der Waals surface area contributed by atoms with E-state index in [0.717, 1.165) is 16.8 Å². The third-order valence-electron chi connectivity index (χ3n) is 3.05. The minimum absolute atomic E-state index is 0.195. The van der Waals surface area contributed by atoms with Crippen molar-refractivity contribution in [2.45, 2.75) is 13.3 Å². The average molecular weight is 353 g/mol. The zero-order valence-electron chi connectivity index (χ0n) is 11.8. The molecule has 0 unspecified atom stereocenters. The summed E-state index contributed by atoms with van der Waals surface area (Å²) in [7, 11) is 0. The Bertz CT molecular complexity index is 702. The van der Waals surface area contributed by atoms with Gasteiger partial charge in [-0.1, -0.05) is 41.4 Å². The number of nitrogens with one attached hydrogen (secondary N) is 2. The quantitative estimate of drug-likeness (QED) is 0.806. The lowest BCUT2D eigenvalue weighted by atomic mass is 10.1. The number of halogens is 2. The van der Waals surface area contributed by atoms with Crippen LogP contribution < -0.4 is 10.6 Å². The molecule has 0 aromatic heterocycles. The summed E-state index contributed by atoms with van der Waals surface area (Å²) in [5, 5.41) is 7.13. The Balaban J connectivity index is 1.92. The molecule has 0 radical (unpaired) electrons. The van der Waals surface area contributed by atoms with Crippen LogP contribution >= 0.6 is 35.4 Å². The lowest BCUT2D eigenvalue weighted by molar-refractivity contribution is -0.119. The number of rotatable bonds is 3. The first kappa shape index (κ1) is 16.7. The van der Waals surface area contributed by atoms with E-state index in [1.165, 1.54) is 0 Å². The van der Waals surface area contributed by atoms with Gasteiger partial charge in [0, 0.05) is 15.7 Å². The molecule has 1 amide bonds. The first-order valence-corrected chi connectivity index (χ1v) is 7.72. The molecule has 0 aliphatic heterocycles. The fraction of sp³-hybridized carbons (Fsp3) is 0.125. The van der Waals surface area contributed by atoms with Crippen molar-refractivity contribution < 1.29 is 4.79 Å². The zero-order valence-corrected chi connectivity index (χ0v) is 14.1. The van der Waals surface area contributed by atoms with Crippen LogP contribution in [0.4, 0.5) is 5.69 Å². The molecule has 0 atom stereocenters. The Labute approximate surface area is 144 Å². The third-order valence-corrected chi connectivity index (χ3v) is 3.91. The molecule has 0 spiro atoms. The zero-order chi connectivity index (χ0) is 16.1.